The lowest BCUT2D eigenvalue weighted by Crippen LogP contribution is -2.42. The summed E-state index contributed by atoms with van der Waals surface area (Å²) in [7, 11) is 0. The van der Waals surface area contributed by atoms with Crippen molar-refractivity contribution >= 4 is 11.4 Å². The number of anilines is 1. The van der Waals surface area contributed by atoms with Gasteiger partial charge in [-0.1, -0.05) is 6.92 Å². The molecule has 1 aromatic heterocycles. The van der Waals surface area contributed by atoms with Crippen LogP contribution in [0.15, 0.2) is 12.3 Å². The highest BCUT2D eigenvalue weighted by Crippen LogP contribution is 2.36. The fourth-order valence-corrected chi connectivity index (χ4v) is 2.34. The smallest absolute Gasteiger partial charge is 0.393 e. The SMILES string of the molecule is CC1CN(c2cc(C(F)(F)F)ncc2[N+](=O)[O-])CCC1O. The van der Waals surface area contributed by atoms with Crippen LogP contribution in [-0.2, 0) is 6.18 Å². The molecule has 0 amide bonds. The quantitative estimate of drug-likeness (QED) is 0.669. The maximum Gasteiger partial charge on any atom is 0.433 e. The van der Waals surface area contributed by atoms with Gasteiger partial charge in [0, 0.05) is 13.1 Å². The number of alkyl halides is 3. The molecular formula is C12H14F3N3O3. The van der Waals surface area contributed by atoms with E-state index in [0.717, 1.165) is 0 Å². The minimum absolute atomic E-state index is 0.110. The molecule has 0 bridgehead atoms. The van der Waals surface area contributed by atoms with E-state index >= 15 is 0 Å². The second kappa shape index (κ2) is 5.47. The van der Waals surface area contributed by atoms with Crippen molar-refractivity contribution in [2.75, 3.05) is 18.0 Å². The number of aromatic nitrogens is 1. The lowest BCUT2D eigenvalue weighted by Gasteiger charge is -2.35. The van der Waals surface area contributed by atoms with Gasteiger partial charge in [0.05, 0.1) is 11.0 Å². The number of halogens is 3. The van der Waals surface area contributed by atoms with Crippen LogP contribution < -0.4 is 4.90 Å². The van der Waals surface area contributed by atoms with Gasteiger partial charge in [-0.2, -0.15) is 13.2 Å². The maximum atomic E-state index is 12.7. The van der Waals surface area contributed by atoms with Crippen molar-refractivity contribution in [1.82, 2.24) is 4.98 Å². The van der Waals surface area contributed by atoms with Gasteiger partial charge in [-0.25, -0.2) is 4.98 Å². The lowest BCUT2D eigenvalue weighted by atomic mass is 9.96. The topological polar surface area (TPSA) is 79.5 Å². The van der Waals surface area contributed by atoms with E-state index in [1.807, 2.05) is 0 Å². The zero-order valence-electron chi connectivity index (χ0n) is 11.2. The first-order valence-corrected chi connectivity index (χ1v) is 6.34. The maximum absolute atomic E-state index is 12.7. The Morgan fingerprint density at radius 2 is 2.19 bits per heavy atom. The summed E-state index contributed by atoms with van der Waals surface area (Å²) in [6.07, 6.45) is -4.23. The molecule has 2 unspecified atom stereocenters. The van der Waals surface area contributed by atoms with Crippen LogP contribution in [0, 0.1) is 16.0 Å². The zero-order chi connectivity index (χ0) is 15.8. The number of nitro groups is 1. The Balaban J connectivity index is 2.42. The van der Waals surface area contributed by atoms with Crippen LogP contribution in [0.5, 0.6) is 0 Å². The predicted molar refractivity (Wildman–Crippen MR) is 67.9 cm³/mol. The van der Waals surface area contributed by atoms with E-state index in [0.29, 0.717) is 18.7 Å². The van der Waals surface area contributed by atoms with E-state index in [4.69, 9.17) is 0 Å². The fraction of sp³-hybridized carbons (Fsp3) is 0.583. The van der Waals surface area contributed by atoms with Crippen LogP contribution in [0.2, 0.25) is 0 Å². The third-order valence-electron chi connectivity index (χ3n) is 3.55. The Hall–Kier alpha value is -1.90. The monoisotopic (exact) mass is 305 g/mol. The normalized spacial score (nSPS) is 23.2. The largest absolute Gasteiger partial charge is 0.433 e. The van der Waals surface area contributed by atoms with Gasteiger partial charge in [0.2, 0.25) is 0 Å². The molecule has 1 aromatic rings. The Morgan fingerprint density at radius 3 is 2.71 bits per heavy atom. The van der Waals surface area contributed by atoms with Gasteiger partial charge in [-0.15, -0.1) is 0 Å². The van der Waals surface area contributed by atoms with Crippen LogP contribution in [0.1, 0.15) is 19.0 Å². The van der Waals surface area contributed by atoms with Crippen molar-refractivity contribution in [1.29, 1.82) is 0 Å². The summed E-state index contributed by atoms with van der Waals surface area (Å²) >= 11 is 0. The summed E-state index contributed by atoms with van der Waals surface area (Å²) in [5.41, 5.74) is -1.74. The highest BCUT2D eigenvalue weighted by molar-refractivity contribution is 5.63. The Kier molecular flexibility index (Phi) is 4.04. The number of pyridine rings is 1. The number of rotatable bonds is 2. The molecule has 1 saturated heterocycles. The standard InChI is InChI=1S/C12H14F3N3O3/c1-7-6-17(3-2-10(7)19)8-4-11(12(13,14)15)16-5-9(8)18(20)21/h4-5,7,10,19H,2-3,6H2,1H3. The van der Waals surface area contributed by atoms with E-state index in [9.17, 15) is 28.4 Å². The number of nitrogens with zero attached hydrogens (tertiary/aromatic N) is 3. The van der Waals surface area contributed by atoms with E-state index in [-0.39, 0.29) is 24.7 Å². The Labute approximate surface area is 118 Å². The van der Waals surface area contributed by atoms with E-state index < -0.39 is 28.6 Å². The number of aliphatic hydroxyl groups excluding tert-OH is 1. The molecule has 9 heteroatoms. The molecular weight excluding hydrogens is 291 g/mol. The third kappa shape index (κ3) is 3.23. The molecule has 0 spiro atoms. The third-order valence-corrected chi connectivity index (χ3v) is 3.55. The number of piperidine rings is 1. The van der Waals surface area contributed by atoms with E-state index in [1.165, 1.54) is 4.90 Å². The minimum atomic E-state index is -4.66. The van der Waals surface area contributed by atoms with Gasteiger partial charge >= 0.3 is 11.9 Å². The van der Waals surface area contributed by atoms with Gasteiger partial charge in [-0.3, -0.25) is 10.1 Å². The number of aliphatic hydroxyl groups is 1. The zero-order valence-corrected chi connectivity index (χ0v) is 11.2. The minimum Gasteiger partial charge on any atom is -0.393 e. The summed E-state index contributed by atoms with van der Waals surface area (Å²) < 4.78 is 38.1. The van der Waals surface area contributed by atoms with Gasteiger partial charge in [-0.05, 0) is 18.4 Å². The first kappa shape index (κ1) is 15.5. The molecule has 2 rings (SSSR count). The first-order valence-electron chi connectivity index (χ1n) is 6.34. The molecule has 1 aliphatic heterocycles. The van der Waals surface area contributed by atoms with Crippen LogP contribution in [0.4, 0.5) is 24.5 Å². The number of hydrogen-bond donors (Lipinski definition) is 1. The van der Waals surface area contributed by atoms with Crippen LogP contribution in [0.25, 0.3) is 0 Å². The van der Waals surface area contributed by atoms with Crippen LogP contribution in [-0.4, -0.2) is 34.2 Å². The summed E-state index contributed by atoms with van der Waals surface area (Å²) in [6.45, 7) is 2.26. The van der Waals surface area contributed by atoms with Gasteiger partial charge in [0.1, 0.15) is 17.6 Å². The van der Waals surface area contributed by atoms with Crippen molar-refractivity contribution < 1.29 is 23.2 Å². The average molecular weight is 305 g/mol. The van der Waals surface area contributed by atoms with Crippen molar-refractivity contribution in [3.8, 4) is 0 Å². The fourth-order valence-electron chi connectivity index (χ4n) is 2.34. The molecule has 0 aromatic carbocycles. The molecule has 1 aliphatic rings. The summed E-state index contributed by atoms with van der Waals surface area (Å²) in [4.78, 5) is 14.8. The lowest BCUT2D eigenvalue weighted by molar-refractivity contribution is -0.384. The Bertz CT molecular complexity index is 550. The summed E-state index contributed by atoms with van der Waals surface area (Å²) in [5.74, 6) is -0.180. The Morgan fingerprint density at radius 1 is 1.52 bits per heavy atom. The number of hydrogen-bond acceptors (Lipinski definition) is 5. The summed E-state index contributed by atoms with van der Waals surface area (Å²) in [6, 6.07) is 0.697. The molecule has 0 aliphatic carbocycles. The molecule has 1 fully saturated rings. The van der Waals surface area contributed by atoms with E-state index in [2.05, 4.69) is 4.98 Å². The summed E-state index contributed by atoms with van der Waals surface area (Å²) in [5, 5.41) is 20.6. The molecule has 0 saturated carbocycles. The van der Waals surface area contributed by atoms with Crippen molar-refractivity contribution in [3.05, 3.63) is 28.1 Å². The van der Waals surface area contributed by atoms with Gasteiger partial charge in [0.25, 0.3) is 0 Å². The predicted octanol–water partition coefficient (Wildman–Crippen LogP) is 2.22. The molecule has 2 atom stereocenters. The molecule has 2 heterocycles. The molecule has 21 heavy (non-hydrogen) atoms. The van der Waals surface area contributed by atoms with Crippen molar-refractivity contribution in [2.24, 2.45) is 5.92 Å². The van der Waals surface area contributed by atoms with Gasteiger partial charge in [0.15, 0.2) is 0 Å². The molecule has 0 radical (unpaired) electrons. The van der Waals surface area contributed by atoms with Crippen molar-refractivity contribution in [2.45, 2.75) is 25.6 Å². The molecule has 6 nitrogen and oxygen atoms in total. The second-order valence-electron chi connectivity index (χ2n) is 5.09. The van der Waals surface area contributed by atoms with Crippen LogP contribution >= 0.6 is 0 Å². The molecule has 116 valence electrons. The van der Waals surface area contributed by atoms with Crippen molar-refractivity contribution in [3.63, 3.8) is 0 Å². The van der Waals surface area contributed by atoms with Gasteiger partial charge < -0.3 is 10.0 Å². The highest BCUT2D eigenvalue weighted by atomic mass is 19.4. The second-order valence-corrected chi connectivity index (χ2v) is 5.09. The van der Waals surface area contributed by atoms with Crippen LogP contribution in [0.3, 0.4) is 0 Å². The average Bonchev–Trinajstić information content (AvgIpc) is 2.40. The van der Waals surface area contributed by atoms with E-state index in [1.54, 1.807) is 6.92 Å². The first-order chi connectivity index (χ1) is 9.70. The molecule has 1 N–H and O–H groups in total. The highest BCUT2D eigenvalue weighted by Gasteiger charge is 2.36.